The lowest BCUT2D eigenvalue weighted by Gasteiger charge is -2.12. The third-order valence-electron chi connectivity index (χ3n) is 4.42. The van der Waals surface area contributed by atoms with Crippen LogP contribution in [0.1, 0.15) is 0 Å². The largest absolute Gasteiger partial charge is 0.368 e. The van der Waals surface area contributed by atoms with E-state index in [-0.39, 0.29) is 5.69 Å². The molecule has 158 valence electrons. The van der Waals surface area contributed by atoms with Gasteiger partial charge in [-0.3, -0.25) is 0 Å². The Kier molecular flexibility index (Phi) is 6.34. The van der Waals surface area contributed by atoms with Gasteiger partial charge in [-0.1, -0.05) is 41.9 Å². The molecule has 0 saturated carbocycles. The van der Waals surface area contributed by atoms with E-state index in [4.69, 9.17) is 11.6 Å². The second-order valence-corrected chi connectivity index (χ2v) is 7.78. The number of hydrogen-bond acceptors (Lipinski definition) is 4. The molecular weight excluding hydrogens is 487 g/mol. The van der Waals surface area contributed by atoms with Crippen LogP contribution in [-0.2, 0) is 0 Å². The number of anilines is 2. The van der Waals surface area contributed by atoms with Gasteiger partial charge < -0.3 is 16.0 Å². The molecule has 0 spiro atoms. The average Bonchev–Trinajstić information content (AvgIpc) is 3.14. The summed E-state index contributed by atoms with van der Waals surface area (Å²) in [5.41, 5.74) is 2.23. The highest BCUT2D eigenvalue weighted by molar-refractivity contribution is 9.10. The first kappa shape index (κ1) is 21.1. The maximum absolute atomic E-state index is 13.6. The molecule has 2 amide bonds. The van der Waals surface area contributed by atoms with Crippen LogP contribution in [0.25, 0.3) is 16.9 Å². The van der Waals surface area contributed by atoms with E-state index >= 15 is 0 Å². The summed E-state index contributed by atoms with van der Waals surface area (Å²) in [5, 5.41) is 13.3. The normalized spacial score (nSPS) is 10.8. The molecule has 10 heteroatoms. The fourth-order valence-electron chi connectivity index (χ4n) is 2.96. The molecule has 7 nitrogen and oxygen atoms in total. The van der Waals surface area contributed by atoms with Gasteiger partial charge in [0.15, 0.2) is 5.65 Å². The van der Waals surface area contributed by atoms with Gasteiger partial charge in [0.25, 0.3) is 0 Å². The fourth-order valence-corrected chi connectivity index (χ4v) is 3.55. The molecule has 0 aliphatic rings. The molecule has 3 N–H and O–H groups in total. The Balaban J connectivity index is 1.45. The summed E-state index contributed by atoms with van der Waals surface area (Å²) < 4.78 is 16.0. The highest BCUT2D eigenvalue weighted by atomic mass is 79.9. The minimum Gasteiger partial charge on any atom is -0.368 e. The molecule has 4 aromatic rings. The average molecular weight is 504 g/mol. The lowest BCUT2D eigenvalue weighted by molar-refractivity contribution is 0.252. The number of para-hydroxylation sites is 1. The maximum Gasteiger partial charge on any atom is 0.319 e. The van der Waals surface area contributed by atoms with E-state index in [2.05, 4.69) is 42.0 Å². The van der Waals surface area contributed by atoms with E-state index in [9.17, 15) is 9.18 Å². The topological polar surface area (TPSA) is 83.3 Å². The highest BCUT2D eigenvalue weighted by Crippen LogP contribution is 2.30. The summed E-state index contributed by atoms with van der Waals surface area (Å²) in [4.78, 5) is 16.7. The maximum atomic E-state index is 13.6. The van der Waals surface area contributed by atoms with Gasteiger partial charge in [-0.25, -0.2) is 14.2 Å². The van der Waals surface area contributed by atoms with E-state index < -0.39 is 11.8 Å². The van der Waals surface area contributed by atoms with Gasteiger partial charge in [-0.05, 0) is 34.1 Å². The monoisotopic (exact) mass is 502 g/mol. The lowest BCUT2D eigenvalue weighted by Crippen LogP contribution is -2.33. The summed E-state index contributed by atoms with van der Waals surface area (Å²) in [6, 6.07) is 14.8. The zero-order chi connectivity index (χ0) is 21.8. The quantitative estimate of drug-likeness (QED) is 0.316. The standard InChI is InChI=1S/C21H17BrClFN6O/c22-14-12-27-30-19(11-18(28-20(14)30)13-5-1-2-6-15(13)23)25-9-10-26-21(31)29-17-8-4-3-7-16(17)24/h1-8,11-12,25H,9-10H2,(H2,26,29,31). The number of carbonyl (C=O) groups excluding carboxylic acids is 1. The Morgan fingerprint density at radius 1 is 1.13 bits per heavy atom. The number of amides is 2. The van der Waals surface area contributed by atoms with Crippen LogP contribution in [0.5, 0.6) is 0 Å². The first-order valence-electron chi connectivity index (χ1n) is 9.35. The van der Waals surface area contributed by atoms with Crippen molar-refractivity contribution in [3.05, 3.63) is 76.1 Å². The summed E-state index contributed by atoms with van der Waals surface area (Å²) in [6.45, 7) is 0.706. The van der Waals surface area contributed by atoms with Gasteiger partial charge in [0.1, 0.15) is 11.6 Å². The number of benzene rings is 2. The molecule has 0 fully saturated rings. The molecule has 2 heterocycles. The van der Waals surface area contributed by atoms with Crippen molar-refractivity contribution in [2.75, 3.05) is 23.7 Å². The van der Waals surface area contributed by atoms with Crippen LogP contribution in [0, 0.1) is 5.82 Å². The zero-order valence-corrected chi connectivity index (χ0v) is 18.4. The number of urea groups is 1. The molecule has 0 atom stereocenters. The molecule has 0 saturated heterocycles. The number of nitrogens with one attached hydrogen (secondary N) is 3. The van der Waals surface area contributed by atoms with Gasteiger partial charge in [0, 0.05) is 29.7 Å². The second-order valence-electron chi connectivity index (χ2n) is 6.52. The zero-order valence-electron chi connectivity index (χ0n) is 16.1. The molecule has 0 radical (unpaired) electrons. The first-order valence-corrected chi connectivity index (χ1v) is 10.5. The van der Waals surface area contributed by atoms with Crippen molar-refractivity contribution in [1.82, 2.24) is 19.9 Å². The van der Waals surface area contributed by atoms with Crippen molar-refractivity contribution in [2.24, 2.45) is 0 Å². The predicted octanol–water partition coefficient (Wildman–Crippen LogP) is 5.18. The van der Waals surface area contributed by atoms with Crippen LogP contribution in [-0.4, -0.2) is 33.7 Å². The SMILES string of the molecule is O=C(NCCNc1cc(-c2ccccc2Cl)nc2c(Br)cnn12)Nc1ccccc1F. The van der Waals surface area contributed by atoms with Crippen LogP contribution in [0.15, 0.2) is 65.3 Å². The van der Waals surface area contributed by atoms with Gasteiger partial charge >= 0.3 is 6.03 Å². The van der Waals surface area contributed by atoms with Crippen LogP contribution in [0.3, 0.4) is 0 Å². The number of fused-ring (bicyclic) bond motifs is 1. The van der Waals surface area contributed by atoms with Crippen molar-refractivity contribution in [3.8, 4) is 11.3 Å². The number of nitrogens with zero attached hydrogens (tertiary/aromatic N) is 3. The molecule has 0 unspecified atom stereocenters. The van der Waals surface area contributed by atoms with Crippen LogP contribution in [0.2, 0.25) is 5.02 Å². The molecular formula is C21H17BrClFN6O. The fraction of sp³-hybridized carbons (Fsp3) is 0.0952. The predicted molar refractivity (Wildman–Crippen MR) is 123 cm³/mol. The van der Waals surface area contributed by atoms with Crippen molar-refractivity contribution < 1.29 is 9.18 Å². The first-order chi connectivity index (χ1) is 15.0. The number of aromatic nitrogens is 3. The highest BCUT2D eigenvalue weighted by Gasteiger charge is 2.13. The Hall–Kier alpha value is -3.17. The Labute approximate surface area is 190 Å². The third-order valence-corrected chi connectivity index (χ3v) is 5.31. The van der Waals surface area contributed by atoms with Crippen molar-refractivity contribution >= 4 is 50.7 Å². The van der Waals surface area contributed by atoms with E-state index in [1.807, 2.05) is 24.3 Å². The Morgan fingerprint density at radius 3 is 2.71 bits per heavy atom. The molecule has 31 heavy (non-hydrogen) atoms. The summed E-state index contributed by atoms with van der Waals surface area (Å²) in [7, 11) is 0. The number of carbonyl (C=O) groups is 1. The number of halogens is 3. The van der Waals surface area contributed by atoms with Crippen LogP contribution >= 0.6 is 27.5 Å². The van der Waals surface area contributed by atoms with Crippen molar-refractivity contribution in [2.45, 2.75) is 0 Å². The molecule has 0 aliphatic heterocycles. The summed E-state index contributed by atoms with van der Waals surface area (Å²) >= 11 is 9.80. The lowest BCUT2D eigenvalue weighted by atomic mass is 10.1. The van der Waals surface area contributed by atoms with Gasteiger partial charge in [0.2, 0.25) is 0 Å². The molecule has 0 bridgehead atoms. The van der Waals surface area contributed by atoms with Gasteiger partial charge in [-0.2, -0.15) is 9.61 Å². The van der Waals surface area contributed by atoms with E-state index in [1.165, 1.54) is 12.1 Å². The van der Waals surface area contributed by atoms with E-state index in [0.717, 1.165) is 10.0 Å². The second kappa shape index (κ2) is 9.32. The smallest absolute Gasteiger partial charge is 0.319 e. The number of hydrogen-bond donors (Lipinski definition) is 3. The minimum atomic E-state index is -0.495. The van der Waals surface area contributed by atoms with Crippen LogP contribution in [0.4, 0.5) is 20.7 Å². The third kappa shape index (κ3) is 4.78. The van der Waals surface area contributed by atoms with E-state index in [0.29, 0.717) is 35.3 Å². The van der Waals surface area contributed by atoms with Crippen molar-refractivity contribution in [3.63, 3.8) is 0 Å². The number of rotatable bonds is 6. The summed E-state index contributed by atoms with van der Waals surface area (Å²) in [5.74, 6) is 0.188. The molecule has 4 rings (SSSR count). The van der Waals surface area contributed by atoms with Crippen LogP contribution < -0.4 is 16.0 Å². The van der Waals surface area contributed by atoms with Crippen molar-refractivity contribution in [1.29, 1.82) is 0 Å². The van der Waals surface area contributed by atoms with Gasteiger partial charge in [0.05, 0.1) is 22.1 Å². The van der Waals surface area contributed by atoms with Gasteiger partial charge in [-0.15, -0.1) is 0 Å². The molecule has 2 aromatic heterocycles. The summed E-state index contributed by atoms with van der Waals surface area (Å²) in [6.07, 6.45) is 1.66. The Morgan fingerprint density at radius 2 is 1.90 bits per heavy atom. The Bertz CT molecular complexity index is 1250. The molecule has 0 aliphatic carbocycles. The van der Waals surface area contributed by atoms with E-state index in [1.54, 1.807) is 28.9 Å². The minimum absolute atomic E-state index is 0.120. The molecule has 2 aromatic carbocycles.